The molecule has 1 aromatic rings. The number of ether oxygens (including phenoxy) is 1. The van der Waals surface area contributed by atoms with Crippen LogP contribution >= 0.6 is 0 Å². The van der Waals surface area contributed by atoms with Gasteiger partial charge in [0, 0.05) is 5.56 Å². The maximum Gasteiger partial charge on any atom is 1.00 e. The van der Waals surface area contributed by atoms with Gasteiger partial charge in [0.15, 0.2) is 0 Å². The van der Waals surface area contributed by atoms with Gasteiger partial charge in [-0.25, -0.2) is 0 Å². The zero-order valence-electron chi connectivity index (χ0n) is 16.9. The standard InChI is InChI=1S/C23H32O3.Li/c1-2-3-4-5-6-7-8-9-10-11-12-13-15-19-16-14-17-20(23(24)25)22(19)21-18-26-21;/h11-17,21H,2-10,18H2,1H3,(H,24,25);/q;+1/p-1/b12-11+,15-13+;. The molecular weight excluding hydrogens is 331 g/mol. The zero-order chi connectivity index (χ0) is 18.6. The number of hydrogen-bond acceptors (Lipinski definition) is 3. The normalized spacial score (nSPS) is 16.0. The summed E-state index contributed by atoms with van der Waals surface area (Å²) in [6.45, 7) is 2.83. The van der Waals surface area contributed by atoms with Crippen molar-refractivity contribution < 1.29 is 33.5 Å². The predicted molar refractivity (Wildman–Crippen MR) is 105 cm³/mol. The van der Waals surface area contributed by atoms with E-state index in [1.54, 1.807) is 12.1 Å². The molecule has 1 aliphatic heterocycles. The molecule has 1 atom stereocenters. The maximum atomic E-state index is 11.3. The van der Waals surface area contributed by atoms with E-state index in [4.69, 9.17) is 4.74 Å². The molecule has 3 nitrogen and oxygen atoms in total. The van der Waals surface area contributed by atoms with E-state index < -0.39 is 5.97 Å². The van der Waals surface area contributed by atoms with Gasteiger partial charge in [-0.2, -0.15) is 0 Å². The Bertz CT molecular complexity index is 618. The fourth-order valence-corrected chi connectivity index (χ4v) is 3.21. The van der Waals surface area contributed by atoms with Gasteiger partial charge in [-0.05, 0) is 24.0 Å². The summed E-state index contributed by atoms with van der Waals surface area (Å²) in [4.78, 5) is 11.3. The monoisotopic (exact) mass is 362 g/mol. The van der Waals surface area contributed by atoms with Gasteiger partial charge in [0.2, 0.25) is 0 Å². The Morgan fingerprint density at radius 3 is 2.41 bits per heavy atom. The van der Waals surface area contributed by atoms with Gasteiger partial charge in [0.25, 0.3) is 0 Å². The summed E-state index contributed by atoms with van der Waals surface area (Å²) in [6.07, 6.45) is 19.8. The van der Waals surface area contributed by atoms with Crippen molar-refractivity contribution >= 4 is 12.0 Å². The number of carboxylic acid groups (broad SMARTS) is 1. The second kappa shape index (κ2) is 13.8. The Hall–Kier alpha value is -1.27. The van der Waals surface area contributed by atoms with Crippen LogP contribution in [0, 0.1) is 0 Å². The molecular formula is C23H31LiO3. The molecule has 0 N–H and O–H groups in total. The van der Waals surface area contributed by atoms with Crippen LogP contribution in [0.25, 0.3) is 6.08 Å². The number of benzene rings is 1. The third-order valence-electron chi connectivity index (χ3n) is 4.76. The zero-order valence-corrected chi connectivity index (χ0v) is 16.9. The van der Waals surface area contributed by atoms with Crippen molar-refractivity contribution in [1.82, 2.24) is 0 Å². The molecule has 0 aliphatic carbocycles. The van der Waals surface area contributed by atoms with Crippen molar-refractivity contribution in [3.63, 3.8) is 0 Å². The summed E-state index contributed by atoms with van der Waals surface area (Å²) in [5.74, 6) is -1.14. The van der Waals surface area contributed by atoms with Crippen LogP contribution in [0.4, 0.5) is 0 Å². The molecule has 1 fully saturated rings. The van der Waals surface area contributed by atoms with E-state index in [1.807, 2.05) is 24.3 Å². The van der Waals surface area contributed by atoms with Crippen LogP contribution in [-0.4, -0.2) is 12.6 Å². The number of carbonyl (C=O) groups excluding carboxylic acids is 1. The number of rotatable bonds is 13. The first-order chi connectivity index (χ1) is 12.7. The second-order valence-corrected chi connectivity index (χ2v) is 6.97. The van der Waals surface area contributed by atoms with E-state index in [0.717, 1.165) is 17.5 Å². The van der Waals surface area contributed by atoms with Crippen LogP contribution in [0.3, 0.4) is 0 Å². The van der Waals surface area contributed by atoms with Crippen LogP contribution in [0.5, 0.6) is 0 Å². The van der Waals surface area contributed by atoms with Crippen molar-refractivity contribution in [3.05, 3.63) is 53.1 Å². The Labute approximate surface area is 176 Å². The van der Waals surface area contributed by atoms with Crippen molar-refractivity contribution in [1.29, 1.82) is 0 Å². The van der Waals surface area contributed by atoms with E-state index in [0.29, 0.717) is 6.61 Å². The van der Waals surface area contributed by atoms with Gasteiger partial charge >= 0.3 is 18.9 Å². The number of hydrogen-bond donors (Lipinski definition) is 0. The fraction of sp³-hybridized carbons (Fsp3) is 0.522. The Morgan fingerprint density at radius 1 is 1.11 bits per heavy atom. The van der Waals surface area contributed by atoms with Gasteiger partial charge in [-0.3, -0.25) is 0 Å². The number of epoxide rings is 1. The van der Waals surface area contributed by atoms with Crippen molar-refractivity contribution in [2.45, 2.75) is 70.8 Å². The van der Waals surface area contributed by atoms with E-state index in [-0.39, 0.29) is 30.5 Å². The second-order valence-electron chi connectivity index (χ2n) is 6.97. The van der Waals surface area contributed by atoms with Crippen LogP contribution in [0.1, 0.15) is 92.3 Å². The summed E-state index contributed by atoms with van der Waals surface area (Å²) in [6, 6.07) is 5.26. The van der Waals surface area contributed by atoms with Gasteiger partial charge in [0.1, 0.15) is 6.10 Å². The Morgan fingerprint density at radius 2 is 1.78 bits per heavy atom. The topological polar surface area (TPSA) is 52.7 Å². The van der Waals surface area contributed by atoms with E-state index in [2.05, 4.69) is 13.0 Å². The summed E-state index contributed by atoms with van der Waals surface area (Å²) >= 11 is 0. The molecule has 0 radical (unpaired) electrons. The third kappa shape index (κ3) is 8.97. The largest absolute Gasteiger partial charge is 1.00 e. The van der Waals surface area contributed by atoms with Crippen molar-refractivity contribution in [3.8, 4) is 0 Å². The van der Waals surface area contributed by atoms with E-state index in [1.165, 1.54) is 51.4 Å². The minimum absolute atomic E-state index is 0. The Balaban J connectivity index is 0.00000364. The third-order valence-corrected chi connectivity index (χ3v) is 4.76. The summed E-state index contributed by atoms with van der Waals surface area (Å²) < 4.78 is 5.30. The van der Waals surface area contributed by atoms with Crippen LogP contribution in [0.2, 0.25) is 0 Å². The number of carboxylic acids is 1. The minimum atomic E-state index is -1.14. The number of aromatic carboxylic acids is 1. The maximum absolute atomic E-state index is 11.3. The Kier molecular flexibility index (Phi) is 12.2. The smallest absolute Gasteiger partial charge is 0.545 e. The number of unbranched alkanes of at least 4 members (excludes halogenated alkanes) is 8. The summed E-state index contributed by atoms with van der Waals surface area (Å²) in [7, 11) is 0. The number of carbonyl (C=O) groups is 1. The average molecular weight is 362 g/mol. The van der Waals surface area contributed by atoms with Gasteiger partial charge in [-0.1, -0.05) is 94.4 Å². The minimum Gasteiger partial charge on any atom is -0.545 e. The van der Waals surface area contributed by atoms with Crippen molar-refractivity contribution in [2.24, 2.45) is 0 Å². The average Bonchev–Trinajstić information content (AvgIpc) is 3.47. The first-order valence-electron chi connectivity index (χ1n) is 10.0. The molecule has 0 bridgehead atoms. The molecule has 2 rings (SSSR count). The summed E-state index contributed by atoms with van der Waals surface area (Å²) in [5.41, 5.74) is 1.86. The molecule has 1 saturated heterocycles. The van der Waals surface area contributed by atoms with Gasteiger partial charge in [-0.15, -0.1) is 0 Å². The van der Waals surface area contributed by atoms with Gasteiger partial charge in [0.05, 0.1) is 12.6 Å². The van der Waals surface area contributed by atoms with E-state index >= 15 is 0 Å². The fourth-order valence-electron chi connectivity index (χ4n) is 3.21. The molecule has 1 aromatic carbocycles. The first-order valence-corrected chi connectivity index (χ1v) is 10.0. The first kappa shape index (κ1) is 23.8. The molecule has 0 spiro atoms. The van der Waals surface area contributed by atoms with Crippen molar-refractivity contribution in [2.75, 3.05) is 6.61 Å². The SMILES string of the molecule is CCCCCCCCCC/C=C/C=C/c1cccc(C(=O)[O-])c1C1CO1.[Li+]. The van der Waals surface area contributed by atoms with Crippen LogP contribution in [0.15, 0.2) is 36.4 Å². The molecule has 0 aromatic heterocycles. The number of allylic oxidation sites excluding steroid dienone is 3. The predicted octanol–water partition coefficient (Wildman–Crippen LogP) is 2.23. The quantitative estimate of drug-likeness (QED) is 0.234. The molecule has 4 heteroatoms. The van der Waals surface area contributed by atoms with Crippen LogP contribution in [-0.2, 0) is 4.74 Å². The molecule has 0 amide bonds. The molecule has 142 valence electrons. The van der Waals surface area contributed by atoms with Crippen LogP contribution < -0.4 is 24.0 Å². The van der Waals surface area contributed by atoms with Gasteiger partial charge < -0.3 is 14.6 Å². The molecule has 1 unspecified atom stereocenters. The molecule has 1 heterocycles. The molecule has 27 heavy (non-hydrogen) atoms. The molecule has 0 saturated carbocycles. The molecule has 1 aliphatic rings. The van der Waals surface area contributed by atoms with E-state index in [9.17, 15) is 9.90 Å². The summed E-state index contributed by atoms with van der Waals surface area (Å²) in [5, 5.41) is 11.3.